The Hall–Kier alpha value is -2.18. The molecule has 1 amide bonds. The molecule has 0 aromatic carbocycles. The predicted molar refractivity (Wildman–Crippen MR) is 96.1 cm³/mol. The molecule has 0 saturated heterocycles. The standard InChI is InChI=1S/C17H28N6O/c1-6-8-13-20-15-12(5)22-23(7-2)16(15)17(21-13)18-10-9-14(24)19-11(3)4/h11H,6-10H2,1-5H3,(H,19,24)(H,18,20,21). The van der Waals surface area contributed by atoms with Gasteiger partial charge in [0.25, 0.3) is 0 Å². The zero-order valence-corrected chi connectivity index (χ0v) is 15.3. The highest BCUT2D eigenvalue weighted by atomic mass is 16.1. The summed E-state index contributed by atoms with van der Waals surface area (Å²) in [7, 11) is 0. The SMILES string of the molecule is CCCc1nc(NCCC(=O)NC(C)C)c2c(n1)c(C)nn2CC. The van der Waals surface area contributed by atoms with E-state index in [1.54, 1.807) is 0 Å². The maximum absolute atomic E-state index is 11.8. The van der Waals surface area contributed by atoms with Gasteiger partial charge in [-0.2, -0.15) is 5.10 Å². The first kappa shape index (κ1) is 18.2. The largest absolute Gasteiger partial charge is 0.368 e. The molecule has 0 saturated carbocycles. The summed E-state index contributed by atoms with van der Waals surface area (Å²) in [5.41, 5.74) is 2.72. The molecule has 2 aromatic heterocycles. The van der Waals surface area contributed by atoms with Crippen molar-refractivity contribution in [3.63, 3.8) is 0 Å². The van der Waals surface area contributed by atoms with Crippen LogP contribution in [0.4, 0.5) is 5.82 Å². The monoisotopic (exact) mass is 332 g/mol. The fourth-order valence-corrected chi connectivity index (χ4v) is 2.65. The third-order valence-electron chi connectivity index (χ3n) is 3.67. The van der Waals surface area contributed by atoms with Crippen LogP contribution >= 0.6 is 0 Å². The molecule has 2 rings (SSSR count). The number of fused-ring (bicyclic) bond motifs is 1. The van der Waals surface area contributed by atoms with E-state index in [2.05, 4.69) is 32.6 Å². The van der Waals surface area contributed by atoms with E-state index < -0.39 is 0 Å². The van der Waals surface area contributed by atoms with Gasteiger partial charge in [-0.1, -0.05) is 6.92 Å². The zero-order valence-electron chi connectivity index (χ0n) is 15.3. The predicted octanol–water partition coefficient (Wildman–Crippen LogP) is 2.43. The lowest BCUT2D eigenvalue weighted by atomic mass is 10.3. The average molecular weight is 332 g/mol. The molecule has 132 valence electrons. The van der Waals surface area contributed by atoms with Crippen molar-refractivity contribution in [3.05, 3.63) is 11.5 Å². The molecule has 2 N–H and O–H groups in total. The second-order valence-electron chi connectivity index (χ2n) is 6.24. The first-order chi connectivity index (χ1) is 11.5. The molecule has 0 fully saturated rings. The number of hydrogen-bond donors (Lipinski definition) is 2. The van der Waals surface area contributed by atoms with Crippen LogP contribution in [-0.4, -0.2) is 38.2 Å². The van der Waals surface area contributed by atoms with Gasteiger partial charge in [0.15, 0.2) is 5.82 Å². The van der Waals surface area contributed by atoms with E-state index in [-0.39, 0.29) is 11.9 Å². The van der Waals surface area contributed by atoms with E-state index in [4.69, 9.17) is 0 Å². The minimum atomic E-state index is 0.0387. The van der Waals surface area contributed by atoms with Crippen molar-refractivity contribution in [3.8, 4) is 0 Å². The molecule has 0 aliphatic carbocycles. The summed E-state index contributed by atoms with van der Waals surface area (Å²) in [6.45, 7) is 11.3. The van der Waals surface area contributed by atoms with E-state index in [1.165, 1.54) is 0 Å². The molecule has 24 heavy (non-hydrogen) atoms. The summed E-state index contributed by atoms with van der Waals surface area (Å²) in [5.74, 6) is 1.62. The quantitative estimate of drug-likeness (QED) is 0.775. The van der Waals surface area contributed by atoms with Crippen LogP contribution in [0.5, 0.6) is 0 Å². The summed E-state index contributed by atoms with van der Waals surface area (Å²) in [5, 5.41) is 10.7. The third-order valence-corrected chi connectivity index (χ3v) is 3.67. The van der Waals surface area contributed by atoms with Crippen molar-refractivity contribution in [2.24, 2.45) is 0 Å². The topological polar surface area (TPSA) is 84.7 Å². The summed E-state index contributed by atoms with van der Waals surface area (Å²) in [6.07, 6.45) is 2.23. The molecule has 2 aromatic rings. The summed E-state index contributed by atoms with van der Waals surface area (Å²) >= 11 is 0. The Morgan fingerprint density at radius 2 is 2.00 bits per heavy atom. The van der Waals surface area contributed by atoms with E-state index in [0.717, 1.165) is 47.8 Å². The van der Waals surface area contributed by atoms with Gasteiger partial charge < -0.3 is 10.6 Å². The van der Waals surface area contributed by atoms with E-state index >= 15 is 0 Å². The van der Waals surface area contributed by atoms with E-state index in [0.29, 0.717) is 13.0 Å². The number of carbonyl (C=O) groups excluding carboxylic acids is 1. The van der Waals surface area contributed by atoms with Gasteiger partial charge in [-0.25, -0.2) is 9.97 Å². The number of aryl methyl sites for hydroxylation is 3. The number of amides is 1. The second-order valence-corrected chi connectivity index (χ2v) is 6.24. The summed E-state index contributed by atoms with van der Waals surface area (Å²) in [6, 6.07) is 0.156. The molecule has 0 radical (unpaired) electrons. The molecular formula is C17H28N6O. The van der Waals surface area contributed by atoms with Crippen LogP contribution in [-0.2, 0) is 17.8 Å². The van der Waals surface area contributed by atoms with Crippen LogP contribution in [0.25, 0.3) is 11.0 Å². The third kappa shape index (κ3) is 4.21. The minimum Gasteiger partial charge on any atom is -0.368 e. The van der Waals surface area contributed by atoms with E-state index in [9.17, 15) is 4.79 Å². The molecule has 0 bridgehead atoms. The van der Waals surface area contributed by atoms with Gasteiger partial charge in [-0.05, 0) is 34.1 Å². The van der Waals surface area contributed by atoms with Crippen molar-refractivity contribution < 1.29 is 4.79 Å². The van der Waals surface area contributed by atoms with E-state index in [1.807, 2.05) is 32.4 Å². The highest BCUT2D eigenvalue weighted by Crippen LogP contribution is 2.23. The van der Waals surface area contributed by atoms with Crippen molar-refractivity contribution in [2.45, 2.75) is 66.5 Å². The van der Waals surface area contributed by atoms with Gasteiger partial charge >= 0.3 is 0 Å². The average Bonchev–Trinajstić information content (AvgIpc) is 2.83. The lowest BCUT2D eigenvalue weighted by Crippen LogP contribution is -2.31. The lowest BCUT2D eigenvalue weighted by molar-refractivity contribution is -0.121. The summed E-state index contributed by atoms with van der Waals surface area (Å²) < 4.78 is 1.91. The number of nitrogens with zero attached hydrogens (tertiary/aromatic N) is 4. The molecule has 7 heteroatoms. The number of anilines is 1. The number of hydrogen-bond acceptors (Lipinski definition) is 5. The Balaban J connectivity index is 2.24. The van der Waals surface area contributed by atoms with Crippen LogP contribution in [0.2, 0.25) is 0 Å². The van der Waals surface area contributed by atoms with Gasteiger partial charge in [-0.15, -0.1) is 0 Å². The molecule has 0 aliphatic heterocycles. The van der Waals surface area contributed by atoms with Crippen LogP contribution in [0.3, 0.4) is 0 Å². The Kier molecular flexibility index (Phi) is 6.11. The highest BCUT2D eigenvalue weighted by Gasteiger charge is 2.16. The molecular weight excluding hydrogens is 304 g/mol. The number of aromatic nitrogens is 4. The van der Waals surface area contributed by atoms with Crippen LogP contribution < -0.4 is 10.6 Å². The fourth-order valence-electron chi connectivity index (χ4n) is 2.65. The first-order valence-electron chi connectivity index (χ1n) is 8.73. The van der Waals surface area contributed by atoms with Gasteiger partial charge in [0.05, 0.1) is 5.69 Å². The van der Waals surface area contributed by atoms with Crippen molar-refractivity contribution in [1.29, 1.82) is 0 Å². The van der Waals surface area contributed by atoms with Gasteiger partial charge in [0, 0.05) is 32.0 Å². The van der Waals surface area contributed by atoms with Crippen molar-refractivity contribution in [1.82, 2.24) is 25.1 Å². The Labute approximate surface area is 143 Å². The number of carbonyl (C=O) groups is 1. The maximum Gasteiger partial charge on any atom is 0.221 e. The molecule has 0 aliphatic rings. The smallest absolute Gasteiger partial charge is 0.221 e. The Bertz CT molecular complexity index is 707. The van der Waals surface area contributed by atoms with Crippen LogP contribution in [0.1, 0.15) is 52.1 Å². The molecule has 7 nitrogen and oxygen atoms in total. The van der Waals surface area contributed by atoms with Crippen LogP contribution in [0.15, 0.2) is 0 Å². The molecule has 2 heterocycles. The van der Waals surface area contributed by atoms with Gasteiger partial charge in [-0.3, -0.25) is 9.48 Å². The van der Waals surface area contributed by atoms with Crippen molar-refractivity contribution in [2.75, 3.05) is 11.9 Å². The van der Waals surface area contributed by atoms with Gasteiger partial charge in [0.1, 0.15) is 16.9 Å². The number of rotatable bonds is 8. The lowest BCUT2D eigenvalue weighted by Gasteiger charge is -2.11. The molecule has 0 unspecified atom stereocenters. The maximum atomic E-state index is 11.8. The Morgan fingerprint density at radius 1 is 1.25 bits per heavy atom. The Morgan fingerprint density at radius 3 is 2.62 bits per heavy atom. The minimum absolute atomic E-state index is 0.0387. The van der Waals surface area contributed by atoms with Crippen LogP contribution in [0, 0.1) is 6.92 Å². The molecule has 0 spiro atoms. The fraction of sp³-hybridized carbons (Fsp3) is 0.647. The first-order valence-corrected chi connectivity index (χ1v) is 8.73. The van der Waals surface area contributed by atoms with Crippen molar-refractivity contribution >= 4 is 22.8 Å². The second kappa shape index (κ2) is 8.08. The summed E-state index contributed by atoms with van der Waals surface area (Å²) in [4.78, 5) is 21.1. The van der Waals surface area contributed by atoms with Gasteiger partial charge in [0.2, 0.25) is 5.91 Å². The zero-order chi connectivity index (χ0) is 17.7. The highest BCUT2D eigenvalue weighted by molar-refractivity contribution is 5.88. The molecule has 0 atom stereocenters. The normalized spacial score (nSPS) is 11.2. The number of nitrogens with one attached hydrogen (secondary N) is 2.